The van der Waals surface area contributed by atoms with E-state index in [0.29, 0.717) is 18.4 Å². The quantitative estimate of drug-likeness (QED) is 0.696. The van der Waals surface area contributed by atoms with Gasteiger partial charge in [-0.25, -0.2) is 18.3 Å². The highest BCUT2D eigenvalue weighted by molar-refractivity contribution is 5.40. The van der Waals surface area contributed by atoms with Crippen LogP contribution in [-0.4, -0.2) is 14.3 Å². The van der Waals surface area contributed by atoms with E-state index in [1.165, 1.54) is 17.7 Å². The lowest BCUT2D eigenvalue weighted by atomic mass is 9.37. The fraction of sp³-hybridized carbons (Fsp3) is 0.364. The van der Waals surface area contributed by atoms with Gasteiger partial charge in [-0.1, -0.05) is 30.3 Å². The fourth-order valence-electron chi connectivity index (χ4n) is 5.75. The van der Waals surface area contributed by atoms with E-state index in [-0.39, 0.29) is 22.7 Å². The molecule has 6 heteroatoms. The van der Waals surface area contributed by atoms with Gasteiger partial charge in [0.05, 0.1) is 11.6 Å². The Morgan fingerprint density at radius 2 is 1.68 bits per heavy atom. The van der Waals surface area contributed by atoms with Crippen LogP contribution in [0.25, 0.3) is 0 Å². The van der Waals surface area contributed by atoms with Gasteiger partial charge in [-0.2, -0.15) is 5.10 Å². The number of benzene rings is 2. The van der Waals surface area contributed by atoms with Crippen LogP contribution in [0.2, 0.25) is 0 Å². The number of hydrogen-bond donors (Lipinski definition) is 0. The van der Waals surface area contributed by atoms with Crippen molar-refractivity contribution in [1.82, 2.24) is 14.3 Å². The van der Waals surface area contributed by atoms with Crippen LogP contribution in [0.5, 0.6) is 0 Å². The van der Waals surface area contributed by atoms with E-state index < -0.39 is 11.6 Å². The zero-order valence-corrected chi connectivity index (χ0v) is 15.2. The molecule has 2 bridgehead atoms. The Kier molecular flexibility index (Phi) is 3.00. The lowest BCUT2D eigenvalue weighted by Gasteiger charge is -2.70. The molecule has 4 nitrogen and oxygen atoms in total. The molecular weight excluding hydrogens is 360 g/mol. The van der Waals surface area contributed by atoms with E-state index in [9.17, 15) is 13.6 Å². The van der Waals surface area contributed by atoms with Gasteiger partial charge in [0, 0.05) is 17.9 Å². The van der Waals surface area contributed by atoms with E-state index >= 15 is 0 Å². The van der Waals surface area contributed by atoms with Crippen molar-refractivity contribution in [2.24, 2.45) is 0 Å². The number of halogens is 2. The normalized spacial score (nSPS) is 29.9. The minimum atomic E-state index is -0.617. The summed E-state index contributed by atoms with van der Waals surface area (Å²) >= 11 is 0. The van der Waals surface area contributed by atoms with Crippen molar-refractivity contribution in [2.45, 2.75) is 49.1 Å². The number of aryl methyl sites for hydroxylation is 1. The molecule has 2 aromatic carbocycles. The summed E-state index contributed by atoms with van der Waals surface area (Å²) < 4.78 is 30.7. The molecule has 3 saturated carbocycles. The maximum absolute atomic E-state index is 13.7. The fourth-order valence-corrected chi connectivity index (χ4v) is 5.75. The van der Waals surface area contributed by atoms with Gasteiger partial charge in [-0.15, -0.1) is 0 Å². The summed E-state index contributed by atoms with van der Waals surface area (Å²) in [4.78, 5) is 13.2. The highest BCUT2D eigenvalue weighted by Gasteiger charge is 2.70. The summed E-state index contributed by atoms with van der Waals surface area (Å²) in [6.45, 7) is 0. The molecule has 3 aliphatic carbocycles. The topological polar surface area (TPSA) is 39.8 Å². The molecule has 142 valence electrons. The SMILES string of the molecule is O=c1n(C23CC(c4ccccc4)(C2)C3)nc2n1[C@H](c1cc(F)cc(F)c1)CC2. The smallest absolute Gasteiger partial charge is 0.271 e. The van der Waals surface area contributed by atoms with Crippen molar-refractivity contribution in [2.75, 3.05) is 0 Å². The minimum absolute atomic E-state index is 0.150. The van der Waals surface area contributed by atoms with Crippen molar-refractivity contribution in [1.29, 1.82) is 0 Å². The number of rotatable bonds is 3. The lowest BCUT2D eigenvalue weighted by molar-refractivity contribution is -0.135. The molecule has 3 aromatic rings. The van der Waals surface area contributed by atoms with Crippen LogP contribution >= 0.6 is 0 Å². The number of aromatic nitrogens is 3. The van der Waals surface area contributed by atoms with Crippen LogP contribution in [-0.2, 0) is 17.4 Å². The van der Waals surface area contributed by atoms with E-state index in [2.05, 4.69) is 29.4 Å². The number of fused-ring (bicyclic) bond motifs is 1. The molecule has 2 heterocycles. The molecule has 28 heavy (non-hydrogen) atoms. The summed E-state index contributed by atoms with van der Waals surface area (Å²) in [5.41, 5.74) is 1.67. The van der Waals surface area contributed by atoms with Gasteiger partial charge >= 0.3 is 5.69 Å². The van der Waals surface area contributed by atoms with Gasteiger partial charge in [0.1, 0.15) is 17.5 Å². The first kappa shape index (κ1) is 16.2. The van der Waals surface area contributed by atoms with Crippen LogP contribution in [0.4, 0.5) is 8.78 Å². The molecule has 4 aliphatic rings. The zero-order chi connectivity index (χ0) is 19.1. The van der Waals surface area contributed by atoms with Crippen LogP contribution in [0.1, 0.15) is 48.7 Å². The Morgan fingerprint density at radius 1 is 1.00 bits per heavy atom. The third-order valence-electron chi connectivity index (χ3n) is 6.94. The van der Waals surface area contributed by atoms with Crippen molar-refractivity contribution < 1.29 is 8.78 Å². The predicted molar refractivity (Wildman–Crippen MR) is 99.3 cm³/mol. The monoisotopic (exact) mass is 379 g/mol. The molecule has 1 aromatic heterocycles. The summed E-state index contributed by atoms with van der Waals surface area (Å²) in [5, 5.41) is 4.65. The maximum Gasteiger partial charge on any atom is 0.347 e. The number of hydrogen-bond acceptors (Lipinski definition) is 2. The van der Waals surface area contributed by atoms with Crippen molar-refractivity contribution in [3.05, 3.63) is 87.6 Å². The Balaban J connectivity index is 1.34. The van der Waals surface area contributed by atoms with Crippen LogP contribution in [0.15, 0.2) is 53.3 Å². The summed E-state index contributed by atoms with van der Waals surface area (Å²) in [7, 11) is 0. The van der Waals surface area contributed by atoms with Crippen LogP contribution in [0, 0.1) is 11.6 Å². The Labute approximate surface area is 160 Å². The molecule has 3 fully saturated rings. The lowest BCUT2D eigenvalue weighted by Crippen LogP contribution is -2.72. The first-order valence-electron chi connectivity index (χ1n) is 9.72. The van der Waals surface area contributed by atoms with E-state index in [1.54, 1.807) is 9.25 Å². The average molecular weight is 379 g/mol. The summed E-state index contributed by atoms with van der Waals surface area (Å²) in [5.74, 6) is -0.514. The largest absolute Gasteiger partial charge is 0.347 e. The molecule has 1 atom stereocenters. The van der Waals surface area contributed by atoms with Crippen molar-refractivity contribution >= 4 is 0 Å². The van der Waals surface area contributed by atoms with Gasteiger partial charge in [0.15, 0.2) is 0 Å². The molecule has 1 aliphatic heterocycles. The van der Waals surface area contributed by atoms with Gasteiger partial charge in [0.25, 0.3) is 0 Å². The van der Waals surface area contributed by atoms with Gasteiger partial charge in [0.2, 0.25) is 0 Å². The van der Waals surface area contributed by atoms with Crippen LogP contribution in [0.3, 0.4) is 0 Å². The maximum atomic E-state index is 13.7. The molecule has 0 amide bonds. The molecule has 7 rings (SSSR count). The van der Waals surface area contributed by atoms with E-state index in [0.717, 1.165) is 31.2 Å². The van der Waals surface area contributed by atoms with Gasteiger partial charge in [-0.3, -0.25) is 4.57 Å². The molecule has 0 saturated heterocycles. The summed E-state index contributed by atoms with van der Waals surface area (Å²) in [6, 6.07) is 13.6. The second kappa shape index (κ2) is 5.19. The third-order valence-corrected chi connectivity index (χ3v) is 6.94. The first-order valence-corrected chi connectivity index (χ1v) is 9.72. The predicted octanol–water partition coefficient (Wildman–Crippen LogP) is 3.69. The van der Waals surface area contributed by atoms with Crippen LogP contribution < -0.4 is 5.69 Å². The molecule has 0 N–H and O–H groups in total. The van der Waals surface area contributed by atoms with Gasteiger partial charge in [-0.05, 0) is 48.9 Å². The second-order valence-electron chi connectivity index (χ2n) is 8.64. The standard InChI is InChI=1S/C22H19F2N3O/c23-16-8-14(9-17(24)10-16)18-6-7-19-25-27(20(28)26(18)19)22-11-21(12-22,13-22)15-4-2-1-3-5-15/h1-5,8-10,18H,6-7,11-13H2/t18-,21?,22?/m0/s1. The van der Waals surface area contributed by atoms with Crippen molar-refractivity contribution in [3.63, 3.8) is 0 Å². The molecule has 0 spiro atoms. The molecule has 0 unspecified atom stereocenters. The Bertz CT molecular complexity index is 1120. The molecular formula is C22H19F2N3O. The van der Waals surface area contributed by atoms with Gasteiger partial charge < -0.3 is 0 Å². The Hall–Kier alpha value is -2.76. The second-order valence-corrected chi connectivity index (χ2v) is 8.64. The average Bonchev–Trinajstić information content (AvgIpc) is 3.14. The van der Waals surface area contributed by atoms with E-state index in [4.69, 9.17) is 0 Å². The first-order chi connectivity index (χ1) is 13.5. The molecule has 0 radical (unpaired) electrons. The highest BCUT2D eigenvalue weighted by atomic mass is 19.1. The van der Waals surface area contributed by atoms with E-state index in [1.807, 2.05) is 6.07 Å². The third kappa shape index (κ3) is 1.98. The highest BCUT2D eigenvalue weighted by Crippen LogP contribution is 2.71. The summed E-state index contributed by atoms with van der Waals surface area (Å²) in [6.07, 6.45) is 4.08. The zero-order valence-electron chi connectivity index (χ0n) is 15.2. The number of nitrogens with zero attached hydrogens (tertiary/aromatic N) is 3. The Morgan fingerprint density at radius 3 is 2.36 bits per heavy atom. The van der Waals surface area contributed by atoms with Crippen molar-refractivity contribution in [3.8, 4) is 0 Å². The minimum Gasteiger partial charge on any atom is -0.271 e.